The predicted octanol–water partition coefficient (Wildman–Crippen LogP) is 2.88. The quantitative estimate of drug-likeness (QED) is 0.399. The molecule has 1 heterocycles. The van der Waals surface area contributed by atoms with Crippen molar-refractivity contribution in [3.05, 3.63) is 0 Å². The summed E-state index contributed by atoms with van der Waals surface area (Å²) in [4.78, 5) is 11.1. The van der Waals surface area contributed by atoms with Gasteiger partial charge in [-0.3, -0.25) is 0 Å². The highest BCUT2D eigenvalue weighted by molar-refractivity contribution is 5.65. The van der Waals surface area contributed by atoms with Crippen LogP contribution in [0.2, 0.25) is 0 Å². The molecule has 1 aliphatic rings. The molecule has 84 valence electrons. The molecular weight excluding hydrogens is 192 g/mol. The second kappa shape index (κ2) is 4.14. The maximum atomic E-state index is 11.1. The Morgan fingerprint density at radius 3 is 2.40 bits per heavy atom. The van der Waals surface area contributed by atoms with E-state index >= 15 is 0 Å². The van der Waals surface area contributed by atoms with E-state index in [1.54, 1.807) is 6.92 Å². The molecule has 0 aromatic heterocycles. The van der Waals surface area contributed by atoms with Crippen LogP contribution in [0.3, 0.4) is 0 Å². The number of hydrogen-bond acceptors (Lipinski definition) is 3. The zero-order valence-corrected chi connectivity index (χ0v) is 9.85. The van der Waals surface area contributed by atoms with Gasteiger partial charge < -0.3 is 9.47 Å². The van der Waals surface area contributed by atoms with Crippen molar-refractivity contribution in [3.8, 4) is 11.8 Å². The van der Waals surface area contributed by atoms with Crippen LogP contribution in [0.4, 0.5) is 4.79 Å². The number of carbonyl (C=O) groups is 1. The van der Waals surface area contributed by atoms with Gasteiger partial charge in [-0.2, -0.15) is 0 Å². The molecule has 0 radical (unpaired) electrons. The molecule has 1 rings (SSSR count). The largest absolute Gasteiger partial charge is 0.510 e. The Morgan fingerprint density at radius 1 is 1.27 bits per heavy atom. The molecule has 3 heteroatoms. The van der Waals surface area contributed by atoms with Gasteiger partial charge in [-0.25, -0.2) is 4.79 Å². The molecule has 0 saturated carbocycles. The van der Waals surface area contributed by atoms with E-state index in [0.717, 1.165) is 19.3 Å². The molecule has 3 nitrogen and oxygen atoms in total. The second-order valence-electron chi connectivity index (χ2n) is 4.40. The minimum Gasteiger partial charge on any atom is -0.423 e. The van der Waals surface area contributed by atoms with Crippen molar-refractivity contribution < 1.29 is 14.3 Å². The van der Waals surface area contributed by atoms with Crippen LogP contribution in [0, 0.1) is 11.8 Å². The van der Waals surface area contributed by atoms with E-state index in [4.69, 9.17) is 9.47 Å². The van der Waals surface area contributed by atoms with Crippen molar-refractivity contribution in [1.82, 2.24) is 0 Å². The van der Waals surface area contributed by atoms with Crippen LogP contribution in [-0.4, -0.2) is 17.4 Å². The average molecular weight is 210 g/mol. The maximum Gasteiger partial charge on any atom is 0.510 e. The third-order valence-corrected chi connectivity index (χ3v) is 2.76. The van der Waals surface area contributed by atoms with Crippen molar-refractivity contribution in [1.29, 1.82) is 0 Å². The lowest BCUT2D eigenvalue weighted by Gasteiger charge is -2.27. The van der Waals surface area contributed by atoms with Crippen molar-refractivity contribution >= 4 is 6.16 Å². The standard InChI is InChI=1S/C12H18O3/c1-5-6-7-8-9-12(4)11(2,3)14-10(13)15-12/h5-7H2,1-4H3. The molecule has 0 aromatic rings. The maximum absolute atomic E-state index is 11.1. The highest BCUT2D eigenvalue weighted by Crippen LogP contribution is 2.35. The molecule has 0 aliphatic carbocycles. The van der Waals surface area contributed by atoms with Gasteiger partial charge in [0.15, 0.2) is 5.60 Å². The number of carbonyl (C=O) groups excluding carboxylic acids is 1. The summed E-state index contributed by atoms with van der Waals surface area (Å²) in [5, 5.41) is 0. The molecule has 0 amide bonds. The first-order valence-electron chi connectivity index (χ1n) is 5.33. The van der Waals surface area contributed by atoms with Gasteiger partial charge in [0, 0.05) is 6.42 Å². The van der Waals surface area contributed by atoms with E-state index < -0.39 is 17.4 Å². The Labute approximate surface area is 91.1 Å². The minimum atomic E-state index is -0.822. The van der Waals surface area contributed by atoms with Crippen LogP contribution < -0.4 is 0 Å². The fourth-order valence-corrected chi connectivity index (χ4v) is 1.29. The highest BCUT2D eigenvalue weighted by Gasteiger charge is 2.53. The third kappa shape index (κ3) is 2.44. The van der Waals surface area contributed by atoms with Crippen LogP contribution in [0.1, 0.15) is 47.0 Å². The summed E-state index contributed by atoms with van der Waals surface area (Å²) in [5.41, 5.74) is -1.50. The zero-order valence-electron chi connectivity index (χ0n) is 9.85. The fraction of sp³-hybridized carbons (Fsp3) is 0.750. The van der Waals surface area contributed by atoms with Gasteiger partial charge in [0.25, 0.3) is 0 Å². The smallest absolute Gasteiger partial charge is 0.423 e. The molecule has 1 unspecified atom stereocenters. The van der Waals surface area contributed by atoms with Crippen LogP contribution in [0.5, 0.6) is 0 Å². The molecular formula is C12H18O3. The van der Waals surface area contributed by atoms with Crippen molar-refractivity contribution in [2.45, 2.75) is 58.2 Å². The van der Waals surface area contributed by atoms with Gasteiger partial charge in [0.1, 0.15) is 0 Å². The Bertz CT molecular complexity index is 309. The predicted molar refractivity (Wildman–Crippen MR) is 57.4 cm³/mol. The normalized spacial score (nSPS) is 27.6. The molecule has 0 bridgehead atoms. The highest BCUT2D eigenvalue weighted by atomic mass is 16.8. The van der Waals surface area contributed by atoms with E-state index in [9.17, 15) is 4.79 Å². The number of unbranched alkanes of at least 4 members (excludes halogenated alkanes) is 2. The average Bonchev–Trinajstić information content (AvgIpc) is 2.30. The second-order valence-corrected chi connectivity index (χ2v) is 4.40. The van der Waals surface area contributed by atoms with Gasteiger partial charge in [0.05, 0.1) is 0 Å². The molecule has 1 saturated heterocycles. The minimum absolute atomic E-state index is 0.632. The van der Waals surface area contributed by atoms with E-state index in [1.807, 2.05) is 13.8 Å². The first-order valence-corrected chi connectivity index (χ1v) is 5.33. The van der Waals surface area contributed by atoms with Crippen LogP contribution in [-0.2, 0) is 9.47 Å². The number of hydrogen-bond donors (Lipinski definition) is 0. The lowest BCUT2D eigenvalue weighted by atomic mass is 9.88. The Balaban J connectivity index is 2.72. The third-order valence-electron chi connectivity index (χ3n) is 2.76. The first kappa shape index (κ1) is 11.9. The van der Waals surface area contributed by atoms with E-state index in [0.29, 0.717) is 0 Å². The Hall–Kier alpha value is -1.17. The van der Waals surface area contributed by atoms with Gasteiger partial charge in [0.2, 0.25) is 5.60 Å². The first-order chi connectivity index (χ1) is 6.91. The van der Waals surface area contributed by atoms with Crippen molar-refractivity contribution in [2.24, 2.45) is 0 Å². The molecule has 0 aromatic carbocycles. The summed E-state index contributed by atoms with van der Waals surface area (Å²) in [5.74, 6) is 6.03. The van der Waals surface area contributed by atoms with Crippen molar-refractivity contribution in [2.75, 3.05) is 0 Å². The molecule has 1 atom stereocenters. The number of cyclic esters (lactones) is 2. The summed E-state index contributed by atoms with van der Waals surface area (Å²) < 4.78 is 10.2. The molecule has 0 spiro atoms. The summed E-state index contributed by atoms with van der Waals surface area (Å²) in [6, 6.07) is 0. The monoisotopic (exact) mass is 210 g/mol. The Kier molecular flexibility index (Phi) is 3.28. The summed E-state index contributed by atoms with van der Waals surface area (Å²) in [6.45, 7) is 7.53. The lowest BCUT2D eigenvalue weighted by molar-refractivity contribution is 0.0349. The number of rotatable bonds is 2. The van der Waals surface area contributed by atoms with Gasteiger partial charge >= 0.3 is 6.16 Å². The lowest BCUT2D eigenvalue weighted by Crippen LogP contribution is -2.43. The van der Waals surface area contributed by atoms with E-state index in [2.05, 4.69) is 18.8 Å². The molecule has 1 fully saturated rings. The van der Waals surface area contributed by atoms with Crippen LogP contribution in [0.25, 0.3) is 0 Å². The summed E-state index contributed by atoms with van der Waals surface area (Å²) >= 11 is 0. The van der Waals surface area contributed by atoms with Crippen molar-refractivity contribution in [3.63, 3.8) is 0 Å². The van der Waals surface area contributed by atoms with E-state index in [1.165, 1.54) is 0 Å². The molecule has 1 aliphatic heterocycles. The van der Waals surface area contributed by atoms with Gasteiger partial charge in [-0.05, 0) is 27.2 Å². The molecule has 15 heavy (non-hydrogen) atoms. The SMILES string of the molecule is CCCCC#CC1(C)OC(=O)OC1(C)C. The zero-order chi connectivity index (χ0) is 11.5. The van der Waals surface area contributed by atoms with E-state index in [-0.39, 0.29) is 0 Å². The van der Waals surface area contributed by atoms with Gasteiger partial charge in [-0.15, -0.1) is 0 Å². The topological polar surface area (TPSA) is 35.5 Å². The van der Waals surface area contributed by atoms with Crippen LogP contribution >= 0.6 is 0 Å². The molecule has 0 N–H and O–H groups in total. The number of ether oxygens (including phenoxy) is 2. The fourth-order valence-electron chi connectivity index (χ4n) is 1.29. The van der Waals surface area contributed by atoms with Gasteiger partial charge in [-0.1, -0.05) is 25.2 Å². The Morgan fingerprint density at radius 2 is 1.93 bits per heavy atom. The summed E-state index contributed by atoms with van der Waals surface area (Å²) in [6.07, 6.45) is 2.38. The summed E-state index contributed by atoms with van der Waals surface area (Å²) in [7, 11) is 0. The van der Waals surface area contributed by atoms with Crippen LogP contribution in [0.15, 0.2) is 0 Å².